The second-order valence-corrected chi connectivity index (χ2v) is 6.52. The Morgan fingerprint density at radius 3 is 2.78 bits per heavy atom. The zero-order chi connectivity index (χ0) is 13.3. The zero-order valence-electron chi connectivity index (χ0n) is 11.9. The number of aryl methyl sites for hydroxylation is 2. The molecule has 0 radical (unpaired) electrons. The summed E-state index contributed by atoms with van der Waals surface area (Å²) in [5.41, 5.74) is 2.55. The summed E-state index contributed by atoms with van der Waals surface area (Å²) in [6.45, 7) is 10.5. The summed E-state index contributed by atoms with van der Waals surface area (Å²) in [7, 11) is 0. The Balaban J connectivity index is 1.98. The van der Waals surface area contributed by atoms with Crippen LogP contribution in [0.2, 0.25) is 5.02 Å². The van der Waals surface area contributed by atoms with Crippen molar-refractivity contribution >= 4 is 11.6 Å². The Bertz CT molecular complexity index is 423. The molecular formula is C14H24ClN3. The topological polar surface area (TPSA) is 29.9 Å². The van der Waals surface area contributed by atoms with Crippen molar-refractivity contribution in [3.8, 4) is 0 Å². The van der Waals surface area contributed by atoms with Crippen molar-refractivity contribution in [2.24, 2.45) is 5.41 Å². The summed E-state index contributed by atoms with van der Waals surface area (Å²) >= 11 is 6.31. The molecular weight excluding hydrogens is 246 g/mol. The van der Waals surface area contributed by atoms with Gasteiger partial charge in [0.15, 0.2) is 0 Å². The maximum absolute atomic E-state index is 6.31. The van der Waals surface area contributed by atoms with Crippen LogP contribution in [-0.2, 0) is 13.1 Å². The lowest BCUT2D eigenvalue weighted by molar-refractivity contribution is 0.363. The fourth-order valence-electron chi connectivity index (χ4n) is 2.89. The van der Waals surface area contributed by atoms with E-state index in [0.717, 1.165) is 29.5 Å². The molecule has 0 amide bonds. The standard InChI is InChI=1S/C14H24ClN3/c1-5-18-12(13(15)10(2)17-18)9-16-11-6-7-14(3,4)8-11/h11,16H,5-9H2,1-4H3. The van der Waals surface area contributed by atoms with Gasteiger partial charge in [-0.25, -0.2) is 0 Å². The lowest BCUT2D eigenvalue weighted by Crippen LogP contribution is -2.28. The van der Waals surface area contributed by atoms with Crippen LogP contribution >= 0.6 is 11.6 Å². The molecule has 0 aliphatic heterocycles. The molecule has 1 unspecified atom stereocenters. The molecule has 1 N–H and O–H groups in total. The highest BCUT2D eigenvalue weighted by atomic mass is 35.5. The predicted octanol–water partition coefficient (Wildman–Crippen LogP) is 3.53. The Kier molecular flexibility index (Phi) is 4.02. The molecule has 1 aliphatic rings. The molecule has 1 atom stereocenters. The van der Waals surface area contributed by atoms with Crippen LogP contribution in [0.4, 0.5) is 0 Å². The number of rotatable bonds is 4. The van der Waals surface area contributed by atoms with E-state index in [1.807, 2.05) is 11.6 Å². The first-order valence-electron chi connectivity index (χ1n) is 6.88. The molecule has 1 heterocycles. The van der Waals surface area contributed by atoms with E-state index in [4.69, 9.17) is 11.6 Å². The molecule has 0 aromatic carbocycles. The SMILES string of the molecule is CCn1nc(C)c(Cl)c1CNC1CCC(C)(C)C1. The van der Waals surface area contributed by atoms with Gasteiger partial charge < -0.3 is 5.32 Å². The Labute approximate surface area is 115 Å². The third kappa shape index (κ3) is 2.89. The smallest absolute Gasteiger partial charge is 0.0860 e. The van der Waals surface area contributed by atoms with E-state index < -0.39 is 0 Å². The van der Waals surface area contributed by atoms with Gasteiger partial charge >= 0.3 is 0 Å². The quantitative estimate of drug-likeness (QED) is 0.906. The fourth-order valence-corrected chi connectivity index (χ4v) is 3.09. The normalized spacial score (nSPS) is 22.6. The molecule has 0 bridgehead atoms. The van der Waals surface area contributed by atoms with Gasteiger partial charge in [0.1, 0.15) is 0 Å². The summed E-state index contributed by atoms with van der Waals surface area (Å²) in [5, 5.41) is 8.91. The molecule has 1 aromatic heterocycles. The second kappa shape index (κ2) is 5.22. The van der Waals surface area contributed by atoms with E-state index in [2.05, 4.69) is 31.2 Å². The monoisotopic (exact) mass is 269 g/mol. The molecule has 1 fully saturated rings. The zero-order valence-corrected chi connectivity index (χ0v) is 12.6. The summed E-state index contributed by atoms with van der Waals surface area (Å²) in [6, 6.07) is 0.622. The van der Waals surface area contributed by atoms with Gasteiger partial charge in [0.25, 0.3) is 0 Å². The molecule has 18 heavy (non-hydrogen) atoms. The van der Waals surface area contributed by atoms with Crippen LogP contribution in [0.15, 0.2) is 0 Å². The molecule has 1 saturated carbocycles. The minimum atomic E-state index is 0.488. The minimum absolute atomic E-state index is 0.488. The highest BCUT2D eigenvalue weighted by molar-refractivity contribution is 6.31. The van der Waals surface area contributed by atoms with Crippen LogP contribution in [-0.4, -0.2) is 15.8 Å². The van der Waals surface area contributed by atoms with Crippen molar-refractivity contribution in [3.63, 3.8) is 0 Å². The van der Waals surface area contributed by atoms with Crippen LogP contribution < -0.4 is 5.32 Å². The summed E-state index contributed by atoms with van der Waals surface area (Å²) in [5.74, 6) is 0. The first-order valence-corrected chi connectivity index (χ1v) is 7.26. The van der Waals surface area contributed by atoms with Gasteiger partial charge in [0, 0.05) is 19.1 Å². The lowest BCUT2D eigenvalue weighted by atomic mass is 9.92. The molecule has 0 saturated heterocycles. The fraction of sp³-hybridized carbons (Fsp3) is 0.786. The van der Waals surface area contributed by atoms with E-state index in [0.29, 0.717) is 11.5 Å². The Hall–Kier alpha value is -0.540. The first kappa shape index (κ1) is 13.9. The van der Waals surface area contributed by atoms with Crippen molar-refractivity contribution in [2.75, 3.05) is 0 Å². The minimum Gasteiger partial charge on any atom is -0.308 e. The van der Waals surface area contributed by atoms with E-state index in [-0.39, 0.29) is 0 Å². The number of aromatic nitrogens is 2. The number of hydrogen-bond acceptors (Lipinski definition) is 2. The van der Waals surface area contributed by atoms with Crippen molar-refractivity contribution < 1.29 is 0 Å². The van der Waals surface area contributed by atoms with Crippen LogP contribution in [0.3, 0.4) is 0 Å². The van der Waals surface area contributed by atoms with Gasteiger partial charge in [-0.05, 0) is 38.5 Å². The van der Waals surface area contributed by atoms with E-state index in [1.54, 1.807) is 0 Å². The number of halogens is 1. The summed E-state index contributed by atoms with van der Waals surface area (Å²) < 4.78 is 2.00. The predicted molar refractivity (Wildman–Crippen MR) is 75.9 cm³/mol. The van der Waals surface area contributed by atoms with E-state index in [1.165, 1.54) is 19.3 Å². The lowest BCUT2D eigenvalue weighted by Gasteiger charge is -2.18. The van der Waals surface area contributed by atoms with Crippen molar-refractivity contribution in [1.82, 2.24) is 15.1 Å². The third-order valence-corrected chi connectivity index (χ3v) is 4.47. The van der Waals surface area contributed by atoms with E-state index >= 15 is 0 Å². The summed E-state index contributed by atoms with van der Waals surface area (Å²) in [6.07, 6.45) is 3.83. The third-order valence-electron chi connectivity index (χ3n) is 3.98. The van der Waals surface area contributed by atoms with Crippen LogP contribution in [0.1, 0.15) is 51.4 Å². The van der Waals surface area contributed by atoms with Gasteiger partial charge in [-0.15, -0.1) is 0 Å². The molecule has 2 rings (SSSR count). The largest absolute Gasteiger partial charge is 0.308 e. The Morgan fingerprint density at radius 1 is 1.50 bits per heavy atom. The van der Waals surface area contributed by atoms with Crippen LogP contribution in [0.5, 0.6) is 0 Å². The van der Waals surface area contributed by atoms with Gasteiger partial charge in [0.05, 0.1) is 16.4 Å². The van der Waals surface area contributed by atoms with Crippen LogP contribution in [0.25, 0.3) is 0 Å². The van der Waals surface area contributed by atoms with Crippen molar-refractivity contribution in [3.05, 3.63) is 16.4 Å². The molecule has 1 aliphatic carbocycles. The van der Waals surface area contributed by atoms with Crippen LogP contribution in [0, 0.1) is 12.3 Å². The first-order chi connectivity index (χ1) is 8.43. The second-order valence-electron chi connectivity index (χ2n) is 6.15. The molecule has 4 heteroatoms. The highest BCUT2D eigenvalue weighted by Crippen LogP contribution is 2.37. The number of nitrogens with one attached hydrogen (secondary N) is 1. The van der Waals surface area contributed by atoms with Gasteiger partial charge in [-0.2, -0.15) is 5.10 Å². The number of nitrogens with zero attached hydrogens (tertiary/aromatic N) is 2. The van der Waals surface area contributed by atoms with Crippen molar-refractivity contribution in [1.29, 1.82) is 0 Å². The van der Waals surface area contributed by atoms with Gasteiger partial charge in [-0.1, -0.05) is 25.4 Å². The number of hydrogen-bond donors (Lipinski definition) is 1. The molecule has 3 nitrogen and oxygen atoms in total. The average molecular weight is 270 g/mol. The highest BCUT2D eigenvalue weighted by Gasteiger charge is 2.30. The molecule has 1 aromatic rings. The average Bonchev–Trinajstić information content (AvgIpc) is 2.78. The molecule has 102 valence electrons. The maximum atomic E-state index is 6.31. The Morgan fingerprint density at radius 2 is 2.22 bits per heavy atom. The van der Waals surface area contributed by atoms with Gasteiger partial charge in [0.2, 0.25) is 0 Å². The molecule has 0 spiro atoms. The maximum Gasteiger partial charge on any atom is 0.0860 e. The van der Waals surface area contributed by atoms with E-state index in [9.17, 15) is 0 Å². The summed E-state index contributed by atoms with van der Waals surface area (Å²) in [4.78, 5) is 0. The van der Waals surface area contributed by atoms with Crippen molar-refractivity contribution in [2.45, 2.75) is 66.1 Å². The van der Waals surface area contributed by atoms with Gasteiger partial charge in [-0.3, -0.25) is 4.68 Å².